The Kier molecular flexibility index (Phi) is 4.84. The molecule has 0 saturated carbocycles. The summed E-state index contributed by atoms with van der Waals surface area (Å²) in [6, 6.07) is 3.49. The Morgan fingerprint density at radius 2 is 2.24 bits per heavy atom. The maximum atomic E-state index is 13.3. The molecule has 1 aromatic rings. The number of nitro groups is 1. The fraction of sp³-hybridized carbons (Fsp3) is 0.455. The SMILES string of the molecule is COCCC(C)Oc1ccc([N+](=O)[O-])c(F)c1. The Hall–Kier alpha value is -1.69. The van der Waals surface area contributed by atoms with E-state index in [4.69, 9.17) is 9.47 Å². The average Bonchev–Trinajstić information content (AvgIpc) is 2.26. The average molecular weight is 243 g/mol. The molecule has 0 N–H and O–H groups in total. The summed E-state index contributed by atoms with van der Waals surface area (Å²) in [4.78, 5) is 9.63. The van der Waals surface area contributed by atoms with Gasteiger partial charge in [0.05, 0.1) is 11.0 Å². The van der Waals surface area contributed by atoms with E-state index in [-0.39, 0.29) is 11.9 Å². The number of ether oxygens (including phenoxy) is 2. The lowest BCUT2D eigenvalue weighted by molar-refractivity contribution is -0.387. The van der Waals surface area contributed by atoms with Gasteiger partial charge in [-0.05, 0) is 13.0 Å². The van der Waals surface area contributed by atoms with Gasteiger partial charge in [0.15, 0.2) is 0 Å². The predicted octanol–water partition coefficient (Wildman–Crippen LogP) is 2.54. The Bertz CT molecular complexity index is 397. The van der Waals surface area contributed by atoms with Crippen LogP contribution in [0.15, 0.2) is 18.2 Å². The van der Waals surface area contributed by atoms with E-state index in [1.54, 1.807) is 7.11 Å². The van der Waals surface area contributed by atoms with Gasteiger partial charge in [0.2, 0.25) is 5.82 Å². The molecule has 0 spiro atoms. The number of nitro benzene ring substituents is 1. The van der Waals surface area contributed by atoms with Crippen LogP contribution in [0.1, 0.15) is 13.3 Å². The third-order valence-corrected chi connectivity index (χ3v) is 2.18. The van der Waals surface area contributed by atoms with Gasteiger partial charge in [-0.25, -0.2) is 0 Å². The van der Waals surface area contributed by atoms with Crippen molar-refractivity contribution in [2.75, 3.05) is 13.7 Å². The molecule has 1 aromatic carbocycles. The molecule has 0 amide bonds. The minimum atomic E-state index is -0.897. The summed E-state index contributed by atoms with van der Waals surface area (Å²) in [5.74, 6) is -0.622. The van der Waals surface area contributed by atoms with Crippen molar-refractivity contribution in [2.24, 2.45) is 0 Å². The number of nitrogens with zero attached hydrogens (tertiary/aromatic N) is 1. The smallest absolute Gasteiger partial charge is 0.305 e. The van der Waals surface area contributed by atoms with Crippen molar-refractivity contribution in [3.8, 4) is 5.75 Å². The first-order chi connectivity index (χ1) is 8.04. The van der Waals surface area contributed by atoms with Crippen LogP contribution in [0.5, 0.6) is 5.75 Å². The van der Waals surface area contributed by atoms with Crippen molar-refractivity contribution in [2.45, 2.75) is 19.4 Å². The molecule has 1 atom stereocenters. The van der Waals surface area contributed by atoms with Gasteiger partial charge >= 0.3 is 5.69 Å². The molecule has 1 rings (SSSR count). The van der Waals surface area contributed by atoms with Crippen molar-refractivity contribution in [3.05, 3.63) is 34.1 Å². The predicted molar refractivity (Wildman–Crippen MR) is 59.6 cm³/mol. The lowest BCUT2D eigenvalue weighted by Gasteiger charge is -2.13. The maximum absolute atomic E-state index is 13.3. The molecule has 0 saturated heterocycles. The van der Waals surface area contributed by atoms with E-state index in [1.165, 1.54) is 6.07 Å². The first kappa shape index (κ1) is 13.4. The number of hydrogen-bond acceptors (Lipinski definition) is 4. The molecular formula is C11H14FNO4. The van der Waals surface area contributed by atoms with Gasteiger partial charge in [-0.3, -0.25) is 10.1 Å². The quantitative estimate of drug-likeness (QED) is 0.569. The second-order valence-corrected chi connectivity index (χ2v) is 3.58. The molecule has 0 aliphatic heterocycles. The van der Waals surface area contributed by atoms with E-state index in [9.17, 15) is 14.5 Å². The number of hydrogen-bond donors (Lipinski definition) is 0. The van der Waals surface area contributed by atoms with Gasteiger partial charge in [-0.1, -0.05) is 0 Å². The highest BCUT2D eigenvalue weighted by atomic mass is 19.1. The van der Waals surface area contributed by atoms with Crippen LogP contribution < -0.4 is 4.74 Å². The van der Waals surface area contributed by atoms with Crippen LogP contribution in [0.4, 0.5) is 10.1 Å². The summed E-state index contributed by atoms with van der Waals surface area (Å²) in [6.07, 6.45) is 0.519. The fourth-order valence-electron chi connectivity index (χ4n) is 1.28. The van der Waals surface area contributed by atoms with E-state index in [2.05, 4.69) is 0 Å². The molecule has 94 valence electrons. The van der Waals surface area contributed by atoms with Crippen LogP contribution in [0.3, 0.4) is 0 Å². The van der Waals surface area contributed by atoms with E-state index in [0.717, 1.165) is 12.1 Å². The number of benzene rings is 1. The number of halogens is 1. The third-order valence-electron chi connectivity index (χ3n) is 2.18. The highest BCUT2D eigenvalue weighted by molar-refractivity contribution is 5.38. The van der Waals surface area contributed by atoms with Crippen molar-refractivity contribution in [3.63, 3.8) is 0 Å². The molecular weight excluding hydrogens is 229 g/mol. The summed E-state index contributed by atoms with van der Waals surface area (Å²) in [6.45, 7) is 2.36. The third kappa shape index (κ3) is 3.99. The second kappa shape index (κ2) is 6.15. The monoisotopic (exact) mass is 243 g/mol. The minimum absolute atomic E-state index is 0.143. The van der Waals surface area contributed by atoms with Gasteiger partial charge in [-0.2, -0.15) is 4.39 Å². The fourth-order valence-corrected chi connectivity index (χ4v) is 1.28. The molecule has 0 aliphatic carbocycles. The summed E-state index contributed by atoms with van der Waals surface area (Å²) in [7, 11) is 1.58. The lowest BCUT2D eigenvalue weighted by atomic mass is 10.2. The molecule has 6 heteroatoms. The molecule has 1 unspecified atom stereocenters. The van der Waals surface area contributed by atoms with Gasteiger partial charge in [0.1, 0.15) is 5.75 Å². The van der Waals surface area contributed by atoms with Gasteiger partial charge < -0.3 is 9.47 Å². The number of methoxy groups -OCH3 is 1. The molecule has 0 bridgehead atoms. The van der Waals surface area contributed by atoms with Gasteiger partial charge in [0, 0.05) is 32.3 Å². The zero-order valence-electron chi connectivity index (χ0n) is 9.68. The van der Waals surface area contributed by atoms with E-state index in [0.29, 0.717) is 13.0 Å². The first-order valence-corrected chi connectivity index (χ1v) is 5.14. The van der Waals surface area contributed by atoms with E-state index in [1.807, 2.05) is 6.92 Å². The Balaban J connectivity index is 2.67. The zero-order valence-corrected chi connectivity index (χ0v) is 9.68. The summed E-state index contributed by atoms with van der Waals surface area (Å²) < 4.78 is 23.5. The second-order valence-electron chi connectivity index (χ2n) is 3.58. The topological polar surface area (TPSA) is 61.6 Å². The Morgan fingerprint density at radius 3 is 2.76 bits per heavy atom. The van der Waals surface area contributed by atoms with E-state index >= 15 is 0 Å². The largest absolute Gasteiger partial charge is 0.491 e. The highest BCUT2D eigenvalue weighted by Gasteiger charge is 2.15. The molecule has 0 heterocycles. The van der Waals surface area contributed by atoms with Gasteiger partial charge in [0.25, 0.3) is 0 Å². The van der Waals surface area contributed by atoms with Crippen LogP contribution in [-0.2, 0) is 4.74 Å². The summed E-state index contributed by atoms with van der Waals surface area (Å²) in [5.41, 5.74) is -0.554. The van der Waals surface area contributed by atoms with Gasteiger partial charge in [-0.15, -0.1) is 0 Å². The Morgan fingerprint density at radius 1 is 1.53 bits per heavy atom. The highest BCUT2D eigenvalue weighted by Crippen LogP contribution is 2.23. The molecule has 0 fully saturated rings. The lowest BCUT2D eigenvalue weighted by Crippen LogP contribution is -2.14. The summed E-state index contributed by atoms with van der Waals surface area (Å²) in [5, 5.41) is 10.4. The van der Waals surface area contributed by atoms with E-state index < -0.39 is 16.4 Å². The number of rotatable bonds is 6. The van der Waals surface area contributed by atoms with Crippen LogP contribution in [0.25, 0.3) is 0 Å². The minimum Gasteiger partial charge on any atom is -0.491 e. The van der Waals surface area contributed by atoms with Crippen LogP contribution in [-0.4, -0.2) is 24.7 Å². The Labute approximate surface area is 98.3 Å². The van der Waals surface area contributed by atoms with Crippen LogP contribution in [0, 0.1) is 15.9 Å². The van der Waals surface area contributed by atoms with Crippen LogP contribution in [0.2, 0.25) is 0 Å². The molecule has 0 aliphatic rings. The molecule has 0 radical (unpaired) electrons. The molecule has 0 aromatic heterocycles. The normalized spacial score (nSPS) is 12.2. The van der Waals surface area contributed by atoms with Crippen molar-refractivity contribution >= 4 is 5.69 Å². The zero-order chi connectivity index (χ0) is 12.8. The van der Waals surface area contributed by atoms with Crippen molar-refractivity contribution in [1.82, 2.24) is 0 Å². The van der Waals surface area contributed by atoms with Crippen molar-refractivity contribution < 1.29 is 18.8 Å². The molecule has 17 heavy (non-hydrogen) atoms. The molecule has 5 nitrogen and oxygen atoms in total. The van der Waals surface area contributed by atoms with Crippen LogP contribution >= 0.6 is 0 Å². The summed E-state index contributed by atoms with van der Waals surface area (Å²) >= 11 is 0. The van der Waals surface area contributed by atoms with Crippen molar-refractivity contribution in [1.29, 1.82) is 0 Å². The maximum Gasteiger partial charge on any atom is 0.305 e. The standard InChI is InChI=1S/C11H14FNO4/c1-8(5-6-16-2)17-9-3-4-11(13(14)15)10(12)7-9/h3-4,7-8H,5-6H2,1-2H3. The first-order valence-electron chi connectivity index (χ1n) is 5.14.